The minimum absolute atomic E-state index is 0.218. The normalized spacial score (nSPS) is 18.3. The van der Waals surface area contributed by atoms with Gasteiger partial charge < -0.3 is 33.1 Å². The summed E-state index contributed by atoms with van der Waals surface area (Å²) in [6, 6.07) is 58.8. The highest BCUT2D eigenvalue weighted by Crippen LogP contribution is 2.66. The number of aryl methyl sites for hydroxylation is 4. The van der Waals surface area contributed by atoms with Crippen molar-refractivity contribution >= 4 is 60.9 Å². The number of ether oxygens (including phenoxy) is 3. The highest BCUT2D eigenvalue weighted by molar-refractivity contribution is 7.74. The van der Waals surface area contributed by atoms with E-state index in [-0.39, 0.29) is 23.4 Å². The Hall–Kier alpha value is -6.35. The van der Waals surface area contributed by atoms with Gasteiger partial charge >= 0.3 is 0 Å². The van der Waals surface area contributed by atoms with Gasteiger partial charge in [-0.3, -0.25) is 0 Å². The summed E-state index contributed by atoms with van der Waals surface area (Å²) in [6.07, 6.45) is 3.26. The summed E-state index contributed by atoms with van der Waals surface area (Å²) in [4.78, 5) is 4.72. The van der Waals surface area contributed by atoms with Gasteiger partial charge in [0.25, 0.3) is 0 Å². The maximum absolute atomic E-state index is 14.7. The molecule has 0 N–H and O–H groups in total. The first kappa shape index (κ1) is 58.3. The Balaban J connectivity index is 0.000000146. The van der Waals surface area contributed by atoms with E-state index in [9.17, 15) is 9.13 Å². The van der Waals surface area contributed by atoms with Crippen LogP contribution in [-0.4, -0.2) is 55.5 Å². The van der Waals surface area contributed by atoms with E-state index >= 15 is 0 Å². The van der Waals surface area contributed by atoms with Crippen LogP contribution < -0.4 is 39.9 Å². The summed E-state index contributed by atoms with van der Waals surface area (Å²) in [6.45, 7) is 26.1. The molecule has 3 aliphatic rings. The van der Waals surface area contributed by atoms with E-state index in [4.69, 9.17) is 14.2 Å². The fourth-order valence-electron chi connectivity index (χ4n) is 11.9. The van der Waals surface area contributed by atoms with Crippen LogP contribution >= 0.6 is 22.2 Å². The van der Waals surface area contributed by atoms with E-state index in [1.165, 1.54) is 38.9 Å². The molecular formula is C70H81N2O5P3. The molecule has 0 saturated carbocycles. The monoisotopic (exact) mass is 1120 g/mol. The lowest BCUT2D eigenvalue weighted by Crippen LogP contribution is -2.24. The maximum Gasteiger partial charge on any atom is 0.141 e. The Kier molecular flexibility index (Phi) is 16.7. The van der Waals surface area contributed by atoms with Crippen LogP contribution in [0.2, 0.25) is 0 Å². The van der Waals surface area contributed by atoms with E-state index in [1.54, 1.807) is 21.3 Å². The van der Waals surface area contributed by atoms with Crippen LogP contribution in [0.25, 0.3) is 33.4 Å². The van der Waals surface area contributed by atoms with Crippen molar-refractivity contribution in [2.45, 2.75) is 105 Å². The molecule has 3 unspecified atom stereocenters. The third-order valence-electron chi connectivity index (χ3n) is 16.3. The molecule has 0 aliphatic carbocycles. The summed E-state index contributed by atoms with van der Waals surface area (Å²) in [5, 5.41) is 3.21. The molecule has 7 nitrogen and oxygen atoms in total. The second kappa shape index (κ2) is 22.9. The minimum atomic E-state index is -2.75. The molecule has 8 aromatic carbocycles. The van der Waals surface area contributed by atoms with Crippen molar-refractivity contribution in [2.24, 2.45) is 0 Å². The van der Waals surface area contributed by atoms with Crippen molar-refractivity contribution in [3.63, 3.8) is 0 Å². The number of anilines is 4. The quantitative estimate of drug-likeness (QED) is 0.140. The molecular weight excluding hydrogens is 1040 g/mol. The molecule has 0 radical (unpaired) electrons. The standard InChI is InChI=1S/C25H28NO2P.C25H28NOP.C20H25O2P/c1-18-11-9-16-22(28-5)23(18)20-14-10-15-21-24(20)29(27,25(2,3)4)17-26(21)19-12-7-6-8-13-19;1-18-11-9-16-22(27-5)23(18)20-14-10-15-21-24(20)28(25(2,3)4)17-26(21)19-12-7-6-8-13-19;1-14-8-6-11-17(22-5)18(14)16-10-7-9-15-12-13-23(21,19(15)16)20(2,3)4/h6-16H,17H2,1-5H3;6-16H,17H2,1-5H3;6-11H,12-13H2,1-5H3. The number of benzene rings is 8. The predicted molar refractivity (Wildman–Crippen MR) is 345 cm³/mol. The first-order chi connectivity index (χ1) is 38.0. The Morgan fingerprint density at radius 2 is 0.850 bits per heavy atom. The molecule has 10 heteroatoms. The molecule has 3 aliphatic heterocycles. The largest absolute Gasteiger partial charge is 0.496 e. The fraction of sp³-hybridized carbons (Fsp3) is 0.314. The summed E-state index contributed by atoms with van der Waals surface area (Å²) >= 11 is 0. The Morgan fingerprint density at radius 3 is 1.31 bits per heavy atom. The van der Waals surface area contributed by atoms with Crippen LogP contribution in [0.5, 0.6) is 17.2 Å². The van der Waals surface area contributed by atoms with Crippen LogP contribution in [0.1, 0.15) is 84.6 Å². The Morgan fingerprint density at radius 1 is 0.438 bits per heavy atom. The summed E-state index contributed by atoms with van der Waals surface area (Å²) in [5.41, 5.74) is 16.3. The molecule has 11 rings (SSSR count). The van der Waals surface area contributed by atoms with Crippen LogP contribution in [0.4, 0.5) is 22.7 Å². The molecule has 0 spiro atoms. The molecule has 80 heavy (non-hydrogen) atoms. The summed E-state index contributed by atoms with van der Waals surface area (Å²) in [5.74, 6) is 2.62. The Bertz CT molecular complexity index is 3650. The van der Waals surface area contributed by atoms with Crippen molar-refractivity contribution in [1.82, 2.24) is 0 Å². The second-order valence-corrected chi connectivity index (χ2v) is 34.5. The van der Waals surface area contributed by atoms with Gasteiger partial charge in [-0.1, -0.05) is 178 Å². The smallest absolute Gasteiger partial charge is 0.141 e. The highest BCUT2D eigenvalue weighted by Gasteiger charge is 2.49. The minimum Gasteiger partial charge on any atom is -0.496 e. The molecule has 416 valence electrons. The Labute approximate surface area is 479 Å². The summed E-state index contributed by atoms with van der Waals surface area (Å²) < 4.78 is 45.7. The first-order valence-electron chi connectivity index (χ1n) is 27.9. The molecule has 0 saturated heterocycles. The van der Waals surface area contributed by atoms with Gasteiger partial charge in [0.2, 0.25) is 0 Å². The van der Waals surface area contributed by atoms with Crippen molar-refractivity contribution in [3.8, 4) is 50.6 Å². The molecule has 3 atom stereocenters. The maximum atomic E-state index is 14.7. The number of rotatable bonds is 8. The van der Waals surface area contributed by atoms with E-state index < -0.39 is 14.3 Å². The lowest BCUT2D eigenvalue weighted by atomic mass is 9.97. The van der Waals surface area contributed by atoms with Gasteiger partial charge in [0.05, 0.1) is 33.3 Å². The van der Waals surface area contributed by atoms with E-state index in [0.717, 1.165) is 91.5 Å². The zero-order chi connectivity index (χ0) is 57.5. The number of para-hydroxylation sites is 2. The van der Waals surface area contributed by atoms with Gasteiger partial charge in [-0.15, -0.1) is 0 Å². The molecule has 0 bridgehead atoms. The molecule has 0 amide bonds. The van der Waals surface area contributed by atoms with E-state index in [1.807, 2.05) is 42.5 Å². The molecule has 3 heterocycles. The topological polar surface area (TPSA) is 68.3 Å². The molecule has 0 aromatic heterocycles. The van der Waals surface area contributed by atoms with E-state index in [0.29, 0.717) is 6.29 Å². The van der Waals surface area contributed by atoms with Crippen molar-refractivity contribution in [2.75, 3.05) is 49.9 Å². The average Bonchev–Trinajstić information content (AvgIpc) is 4.33. The highest BCUT2D eigenvalue weighted by atomic mass is 31.2. The number of fused-ring (bicyclic) bond motifs is 3. The van der Waals surface area contributed by atoms with Crippen molar-refractivity contribution in [3.05, 3.63) is 192 Å². The number of hydrogen-bond acceptors (Lipinski definition) is 7. The molecule has 8 aromatic rings. The van der Waals surface area contributed by atoms with Gasteiger partial charge in [-0.25, -0.2) is 0 Å². The average molecular weight is 1120 g/mol. The van der Waals surface area contributed by atoms with E-state index in [2.05, 4.69) is 220 Å². The van der Waals surface area contributed by atoms with Gasteiger partial charge in [-0.05, 0) is 134 Å². The fourth-order valence-corrected chi connectivity index (χ4v) is 21.1. The van der Waals surface area contributed by atoms with Gasteiger partial charge in [0.1, 0.15) is 31.5 Å². The van der Waals surface area contributed by atoms with Crippen LogP contribution in [0.15, 0.2) is 170 Å². The van der Waals surface area contributed by atoms with Crippen LogP contribution in [0.3, 0.4) is 0 Å². The third kappa shape index (κ3) is 10.7. The second-order valence-electron chi connectivity index (χ2n) is 24.3. The summed E-state index contributed by atoms with van der Waals surface area (Å²) in [7, 11) is -0.407. The van der Waals surface area contributed by atoms with Gasteiger partial charge in [-0.2, -0.15) is 0 Å². The first-order valence-corrected chi connectivity index (χ1v) is 33.2. The van der Waals surface area contributed by atoms with Crippen molar-refractivity contribution in [1.29, 1.82) is 0 Å². The lowest BCUT2D eigenvalue weighted by Gasteiger charge is -2.30. The molecule has 0 fully saturated rings. The number of nitrogens with zero attached hydrogens (tertiary/aromatic N) is 2. The predicted octanol–water partition coefficient (Wildman–Crippen LogP) is 18.3. The van der Waals surface area contributed by atoms with Gasteiger partial charge in [0, 0.05) is 72.4 Å². The number of methoxy groups -OCH3 is 3. The zero-order valence-corrected chi connectivity index (χ0v) is 52.5. The third-order valence-corrected chi connectivity index (χ3v) is 27.8. The zero-order valence-electron chi connectivity index (χ0n) is 49.8. The van der Waals surface area contributed by atoms with Crippen LogP contribution in [-0.2, 0) is 15.6 Å². The van der Waals surface area contributed by atoms with Gasteiger partial charge in [0.15, 0.2) is 0 Å². The van der Waals surface area contributed by atoms with Crippen LogP contribution in [0, 0.1) is 20.8 Å². The number of hydrogen-bond donors (Lipinski definition) is 0. The lowest BCUT2D eigenvalue weighted by molar-refractivity contribution is 0.416. The van der Waals surface area contributed by atoms with Crippen molar-refractivity contribution < 1.29 is 23.3 Å². The SMILES string of the molecule is COc1cccc(C)c1-c1cccc2c1P(=O)(C(C)(C)C)CC2.COc1cccc(C)c1-c1cccc2c1P(=O)(C(C)(C)C)CN2c1ccccc1.COc1cccc(C)c1-c1cccc2c1P(C(C)(C)C)CN2c1ccccc1.